The molecule has 0 spiro atoms. The molecular weight excluding hydrogens is 347 g/mol. The molecule has 0 amide bonds. The molecule has 1 aliphatic heterocycles. The van der Waals surface area contributed by atoms with Crippen LogP contribution in [0.25, 0.3) is 0 Å². The molecule has 0 aromatic carbocycles. The first-order valence-electron chi connectivity index (χ1n) is 6.07. The van der Waals surface area contributed by atoms with E-state index >= 15 is 0 Å². The summed E-state index contributed by atoms with van der Waals surface area (Å²) in [5.74, 6) is 0. The number of carbonyl (C=O) groups excluding carboxylic acids is 1. The fourth-order valence-corrected chi connectivity index (χ4v) is 4.34. The molecule has 1 aromatic heterocycles. The lowest BCUT2D eigenvalue weighted by Crippen LogP contribution is -2.55. The fraction of sp³-hybridized carbons (Fsp3) is 0.600. The molecule has 1 aliphatic rings. The topological polar surface area (TPSA) is 88.6 Å². The molecule has 1 saturated heterocycles. The summed E-state index contributed by atoms with van der Waals surface area (Å²) in [6.45, 7) is -1.47. The van der Waals surface area contributed by atoms with Crippen molar-refractivity contribution < 1.29 is 31.1 Å². The smallest absolute Gasteiger partial charge is 0.302 e. The fourth-order valence-electron chi connectivity index (χ4n) is 2.05. The van der Waals surface area contributed by atoms with Crippen LogP contribution in [0.1, 0.15) is 17.5 Å². The Morgan fingerprint density at radius 2 is 2.27 bits per heavy atom. The van der Waals surface area contributed by atoms with Crippen molar-refractivity contribution in [2.75, 3.05) is 13.2 Å². The van der Waals surface area contributed by atoms with Crippen molar-refractivity contribution in [2.45, 2.75) is 24.9 Å². The van der Waals surface area contributed by atoms with E-state index < -0.39 is 41.8 Å². The number of thiazole rings is 1. The zero-order valence-electron chi connectivity index (χ0n) is 11.0. The van der Waals surface area contributed by atoms with Crippen LogP contribution in [-0.2, 0) is 19.7 Å². The van der Waals surface area contributed by atoms with Crippen LogP contribution in [0.15, 0.2) is 11.6 Å². The second-order valence-corrected chi connectivity index (χ2v) is 6.97. The van der Waals surface area contributed by atoms with Gasteiger partial charge in [0.1, 0.15) is 11.3 Å². The third-order valence-corrected chi connectivity index (χ3v) is 5.47. The van der Waals surface area contributed by atoms with Crippen LogP contribution in [0.2, 0.25) is 0 Å². The first kappa shape index (κ1) is 17.3. The standard InChI is InChI=1S/C10H12F3N3O4S2/c11-10(12,13)20-3-2-16-7(6-17)5-8(15-22(16,18)19)9-14-1-4-21-9/h1,4,6-8,15H,2-3,5H2/t7-,8+/m0/s1. The molecule has 0 aliphatic carbocycles. The molecule has 0 unspecified atom stereocenters. The Morgan fingerprint density at radius 3 is 2.82 bits per heavy atom. The summed E-state index contributed by atoms with van der Waals surface area (Å²) in [6.07, 6.45) is -2.88. The highest BCUT2D eigenvalue weighted by Gasteiger charge is 2.40. The van der Waals surface area contributed by atoms with Crippen molar-refractivity contribution in [1.82, 2.24) is 14.0 Å². The highest BCUT2D eigenvalue weighted by atomic mass is 32.2. The Hall–Kier alpha value is -1.08. The molecule has 12 heteroatoms. The highest BCUT2D eigenvalue weighted by Crippen LogP contribution is 2.29. The van der Waals surface area contributed by atoms with E-state index in [2.05, 4.69) is 14.4 Å². The van der Waals surface area contributed by atoms with Gasteiger partial charge in [0.05, 0.1) is 18.7 Å². The number of nitrogens with zero attached hydrogens (tertiary/aromatic N) is 2. The van der Waals surface area contributed by atoms with Crippen molar-refractivity contribution in [1.29, 1.82) is 0 Å². The summed E-state index contributed by atoms with van der Waals surface area (Å²) in [4.78, 5) is 15.1. The van der Waals surface area contributed by atoms with Crippen LogP contribution in [0.4, 0.5) is 13.2 Å². The normalized spacial score (nSPS) is 26.0. The van der Waals surface area contributed by atoms with Gasteiger partial charge in [0, 0.05) is 18.1 Å². The van der Waals surface area contributed by atoms with E-state index in [1.165, 1.54) is 17.5 Å². The van der Waals surface area contributed by atoms with Gasteiger partial charge in [-0.05, 0) is 6.42 Å². The summed E-state index contributed by atoms with van der Waals surface area (Å²) in [5, 5.41) is 2.14. The van der Waals surface area contributed by atoms with Crippen molar-refractivity contribution in [3.8, 4) is 0 Å². The largest absolute Gasteiger partial charge is 0.522 e. The molecule has 2 heterocycles. The average molecular weight is 359 g/mol. The lowest BCUT2D eigenvalue weighted by Gasteiger charge is -2.35. The van der Waals surface area contributed by atoms with Gasteiger partial charge in [-0.25, -0.2) is 4.98 Å². The number of aromatic nitrogens is 1. The number of hydrogen-bond donors (Lipinski definition) is 1. The van der Waals surface area contributed by atoms with E-state index in [1.54, 1.807) is 5.38 Å². The molecular formula is C10H12F3N3O4S2. The minimum atomic E-state index is -4.85. The molecule has 124 valence electrons. The molecule has 0 radical (unpaired) electrons. The van der Waals surface area contributed by atoms with Gasteiger partial charge in [-0.1, -0.05) is 0 Å². The van der Waals surface area contributed by atoms with Gasteiger partial charge in [0.2, 0.25) is 0 Å². The first-order valence-corrected chi connectivity index (χ1v) is 8.39. The maximum Gasteiger partial charge on any atom is 0.522 e. The zero-order valence-corrected chi connectivity index (χ0v) is 12.6. The molecule has 2 atom stereocenters. The van der Waals surface area contributed by atoms with Crippen LogP contribution in [0, 0.1) is 0 Å². The van der Waals surface area contributed by atoms with E-state index in [0.717, 1.165) is 0 Å². The summed E-state index contributed by atoms with van der Waals surface area (Å²) in [6, 6.07) is -1.75. The van der Waals surface area contributed by atoms with Crippen molar-refractivity contribution in [3.63, 3.8) is 0 Å². The van der Waals surface area contributed by atoms with Crippen LogP contribution in [-0.4, -0.2) is 49.5 Å². The average Bonchev–Trinajstić information content (AvgIpc) is 2.92. The van der Waals surface area contributed by atoms with Gasteiger partial charge in [-0.15, -0.1) is 24.5 Å². The number of nitrogens with one attached hydrogen (secondary N) is 1. The summed E-state index contributed by atoms with van der Waals surface area (Å²) >= 11 is 1.22. The number of alkyl halides is 3. The second-order valence-electron chi connectivity index (χ2n) is 4.39. The summed E-state index contributed by atoms with van der Waals surface area (Å²) < 4.78 is 66.6. The summed E-state index contributed by atoms with van der Waals surface area (Å²) in [5.41, 5.74) is 0. The second kappa shape index (κ2) is 6.58. The van der Waals surface area contributed by atoms with E-state index in [4.69, 9.17) is 0 Å². The molecule has 1 aromatic rings. The van der Waals surface area contributed by atoms with Gasteiger partial charge in [-0.2, -0.15) is 17.4 Å². The third kappa shape index (κ3) is 4.23. The van der Waals surface area contributed by atoms with Gasteiger partial charge in [0.15, 0.2) is 0 Å². The molecule has 0 bridgehead atoms. The Balaban J connectivity index is 2.09. The maximum absolute atomic E-state index is 12.1. The monoisotopic (exact) mass is 359 g/mol. The Kier molecular flexibility index (Phi) is 5.17. The van der Waals surface area contributed by atoms with Crippen LogP contribution < -0.4 is 4.72 Å². The number of hydrogen-bond acceptors (Lipinski definition) is 6. The minimum Gasteiger partial charge on any atom is -0.302 e. The minimum absolute atomic E-state index is 0.0856. The maximum atomic E-state index is 12.1. The molecule has 22 heavy (non-hydrogen) atoms. The zero-order chi connectivity index (χ0) is 16.4. The van der Waals surface area contributed by atoms with Crippen LogP contribution in [0.5, 0.6) is 0 Å². The lowest BCUT2D eigenvalue weighted by molar-refractivity contribution is -0.324. The number of carbonyl (C=O) groups is 1. The molecule has 7 nitrogen and oxygen atoms in total. The van der Waals surface area contributed by atoms with Gasteiger partial charge in [0.25, 0.3) is 10.2 Å². The van der Waals surface area contributed by atoms with Crippen molar-refractivity contribution >= 4 is 27.8 Å². The number of ether oxygens (including phenoxy) is 1. The molecule has 2 rings (SSSR count). The lowest BCUT2D eigenvalue weighted by atomic mass is 10.1. The first-order chi connectivity index (χ1) is 10.2. The Labute approximate surface area is 128 Å². The van der Waals surface area contributed by atoms with Crippen molar-refractivity contribution in [3.05, 3.63) is 16.6 Å². The van der Waals surface area contributed by atoms with Gasteiger partial charge in [-0.3, -0.25) is 4.74 Å². The molecule has 1 fully saturated rings. The van der Waals surface area contributed by atoms with Crippen molar-refractivity contribution in [2.24, 2.45) is 0 Å². The SMILES string of the molecule is O=C[C@@H]1C[C@H](c2nccs2)NS(=O)(=O)N1CCOC(F)(F)F. The van der Waals surface area contributed by atoms with E-state index in [0.29, 0.717) is 15.6 Å². The Morgan fingerprint density at radius 1 is 1.55 bits per heavy atom. The Bertz CT molecular complexity index is 605. The summed E-state index contributed by atoms with van der Waals surface area (Å²) in [7, 11) is -4.11. The quantitative estimate of drug-likeness (QED) is 0.787. The number of rotatable bonds is 5. The van der Waals surface area contributed by atoms with E-state index in [-0.39, 0.29) is 6.42 Å². The molecule has 0 saturated carbocycles. The van der Waals surface area contributed by atoms with Gasteiger partial charge < -0.3 is 4.79 Å². The number of aldehydes is 1. The highest BCUT2D eigenvalue weighted by molar-refractivity contribution is 7.87. The van der Waals surface area contributed by atoms with E-state index in [1.807, 2.05) is 0 Å². The molecule has 1 N–H and O–H groups in total. The predicted molar refractivity (Wildman–Crippen MR) is 70.1 cm³/mol. The van der Waals surface area contributed by atoms with Gasteiger partial charge >= 0.3 is 6.36 Å². The van der Waals surface area contributed by atoms with E-state index in [9.17, 15) is 26.4 Å². The third-order valence-electron chi connectivity index (χ3n) is 2.93. The number of halogens is 3. The van der Waals surface area contributed by atoms with Crippen LogP contribution in [0.3, 0.4) is 0 Å². The predicted octanol–water partition coefficient (Wildman–Crippen LogP) is 0.828. The van der Waals surface area contributed by atoms with Crippen LogP contribution >= 0.6 is 11.3 Å².